The van der Waals surface area contributed by atoms with E-state index in [4.69, 9.17) is 0 Å². The molecule has 0 atom stereocenters. The molecule has 0 spiro atoms. The van der Waals surface area contributed by atoms with Crippen molar-refractivity contribution in [3.05, 3.63) is 53.3 Å². The number of carbonyl (C=O) groups is 1. The Bertz CT molecular complexity index is 846. The van der Waals surface area contributed by atoms with Gasteiger partial charge in [-0.15, -0.1) is 4.40 Å². The lowest BCUT2D eigenvalue weighted by atomic mass is 10.1. The van der Waals surface area contributed by atoms with Crippen LogP contribution in [0.25, 0.3) is 0 Å². The van der Waals surface area contributed by atoms with E-state index in [-0.39, 0.29) is 11.7 Å². The number of nitrogens with one attached hydrogen (secondary N) is 1. The Balaban J connectivity index is 1.83. The van der Waals surface area contributed by atoms with E-state index in [0.29, 0.717) is 18.0 Å². The van der Waals surface area contributed by atoms with Crippen LogP contribution >= 0.6 is 0 Å². The molecule has 1 amide bonds. The van der Waals surface area contributed by atoms with Gasteiger partial charge >= 0.3 is 0 Å². The van der Waals surface area contributed by atoms with Gasteiger partial charge in [0.05, 0.1) is 11.3 Å². The van der Waals surface area contributed by atoms with Crippen LogP contribution in [0.15, 0.2) is 46.5 Å². The predicted octanol–water partition coefficient (Wildman–Crippen LogP) is 1.74. The van der Waals surface area contributed by atoms with Crippen LogP contribution in [0.5, 0.6) is 0 Å². The summed E-state index contributed by atoms with van der Waals surface area (Å²) in [5, 5.41) is 2.92. The Morgan fingerprint density at radius 2 is 1.91 bits per heavy atom. The number of hydrogen-bond donors (Lipinski definition) is 1. The van der Waals surface area contributed by atoms with Gasteiger partial charge in [-0.05, 0) is 37.1 Å². The Morgan fingerprint density at radius 3 is 2.61 bits per heavy atom. The Kier molecular flexibility index (Phi) is 3.81. The number of hydrogen-bond acceptors (Lipinski definition) is 4. The summed E-state index contributed by atoms with van der Waals surface area (Å²) in [6, 6.07) is 5.82. The van der Waals surface area contributed by atoms with Gasteiger partial charge in [0.1, 0.15) is 5.84 Å². The molecule has 1 N–H and O–H groups in total. The largest absolute Gasteiger partial charge is 0.330 e. The third-order valence-corrected chi connectivity index (χ3v) is 4.97. The molecule has 2 aliphatic rings. The maximum atomic E-state index is 12.5. The molecule has 0 saturated heterocycles. The predicted molar refractivity (Wildman–Crippen MR) is 89.7 cm³/mol. The highest BCUT2D eigenvalue weighted by molar-refractivity contribution is 7.90. The lowest BCUT2D eigenvalue weighted by Crippen LogP contribution is -2.37. The summed E-state index contributed by atoms with van der Waals surface area (Å²) in [4.78, 5) is 14.1. The van der Waals surface area contributed by atoms with Crippen molar-refractivity contribution in [2.24, 2.45) is 4.40 Å². The lowest BCUT2D eigenvalue weighted by Gasteiger charge is -2.27. The molecule has 23 heavy (non-hydrogen) atoms. The van der Waals surface area contributed by atoms with E-state index in [1.807, 2.05) is 32.0 Å². The second kappa shape index (κ2) is 5.66. The van der Waals surface area contributed by atoms with Crippen molar-refractivity contribution >= 4 is 27.5 Å². The number of fused-ring (bicyclic) bond motifs is 1. The number of benzene rings is 1. The fraction of sp³-hybridized carbons (Fsp3) is 0.250. The van der Waals surface area contributed by atoms with Gasteiger partial charge in [0.2, 0.25) is 0 Å². The highest BCUT2D eigenvalue weighted by Crippen LogP contribution is 2.22. The normalized spacial score (nSPS) is 18.8. The molecule has 0 saturated carbocycles. The van der Waals surface area contributed by atoms with Gasteiger partial charge in [0, 0.05) is 18.4 Å². The number of amidine groups is 1. The van der Waals surface area contributed by atoms with Gasteiger partial charge in [-0.25, -0.2) is 8.42 Å². The third-order valence-electron chi connectivity index (χ3n) is 3.81. The molecule has 0 radical (unpaired) electrons. The molecule has 2 aliphatic heterocycles. The topological polar surface area (TPSA) is 78.8 Å². The lowest BCUT2D eigenvalue weighted by molar-refractivity contribution is -0.112. The highest BCUT2D eigenvalue weighted by Gasteiger charge is 2.25. The van der Waals surface area contributed by atoms with Gasteiger partial charge in [0.15, 0.2) is 0 Å². The van der Waals surface area contributed by atoms with Gasteiger partial charge in [0.25, 0.3) is 15.9 Å². The van der Waals surface area contributed by atoms with Crippen molar-refractivity contribution in [3.63, 3.8) is 0 Å². The van der Waals surface area contributed by atoms with Crippen molar-refractivity contribution in [3.8, 4) is 0 Å². The summed E-state index contributed by atoms with van der Waals surface area (Å²) >= 11 is 0. The van der Waals surface area contributed by atoms with E-state index in [2.05, 4.69) is 9.71 Å². The maximum Gasteiger partial charge on any atom is 0.257 e. The molecule has 120 valence electrons. The van der Waals surface area contributed by atoms with Gasteiger partial charge in [-0.1, -0.05) is 18.2 Å². The number of para-hydroxylation sites is 1. The molecular weight excluding hydrogens is 314 g/mol. The minimum atomic E-state index is -3.39. The molecule has 1 aromatic rings. The quantitative estimate of drug-likeness (QED) is 0.895. The number of sulfonamides is 1. The molecule has 7 heteroatoms. The molecule has 0 aromatic heterocycles. The number of amides is 1. The summed E-state index contributed by atoms with van der Waals surface area (Å²) in [5.74, 6) is 0.0677. The van der Waals surface area contributed by atoms with Crippen molar-refractivity contribution < 1.29 is 13.2 Å². The summed E-state index contributed by atoms with van der Waals surface area (Å²) in [5.41, 5.74) is 3.24. The molecule has 2 heterocycles. The summed E-state index contributed by atoms with van der Waals surface area (Å²) in [7, 11) is -3.39. The van der Waals surface area contributed by atoms with Crippen molar-refractivity contribution in [1.29, 1.82) is 0 Å². The van der Waals surface area contributed by atoms with E-state index < -0.39 is 10.0 Å². The maximum absolute atomic E-state index is 12.5. The monoisotopic (exact) mass is 331 g/mol. The SMILES string of the molecule is Cc1cccc(C)c1NC(=O)C1=CN2CCS(=O)(=O)N=C2C=C1. The van der Waals surface area contributed by atoms with Crippen LogP contribution in [0, 0.1) is 13.8 Å². The zero-order valence-electron chi connectivity index (χ0n) is 12.9. The first-order valence-corrected chi connectivity index (χ1v) is 8.83. The van der Waals surface area contributed by atoms with E-state index in [1.54, 1.807) is 23.3 Å². The number of nitrogens with zero attached hydrogens (tertiary/aromatic N) is 2. The van der Waals surface area contributed by atoms with Gasteiger partial charge in [-0.2, -0.15) is 0 Å². The molecule has 0 aliphatic carbocycles. The second-order valence-electron chi connectivity index (χ2n) is 5.57. The standard InChI is InChI=1S/C16H17N3O3S/c1-11-4-3-5-12(2)15(11)17-16(20)13-6-7-14-18-23(21,22)9-8-19(14)10-13/h3-7,10H,8-9H2,1-2H3,(H,17,20). The minimum Gasteiger partial charge on any atom is -0.330 e. The summed E-state index contributed by atoms with van der Waals surface area (Å²) in [6.07, 6.45) is 4.77. The highest BCUT2D eigenvalue weighted by atomic mass is 32.2. The van der Waals surface area contributed by atoms with E-state index in [9.17, 15) is 13.2 Å². The molecule has 1 aromatic carbocycles. The molecule has 0 unspecified atom stereocenters. The number of rotatable bonds is 2. The van der Waals surface area contributed by atoms with Gasteiger partial charge < -0.3 is 10.2 Å². The molecule has 0 fully saturated rings. The van der Waals surface area contributed by atoms with Crippen LogP contribution in [0.4, 0.5) is 5.69 Å². The molecule has 0 bridgehead atoms. The van der Waals surface area contributed by atoms with Crippen LogP contribution < -0.4 is 5.32 Å². The van der Waals surface area contributed by atoms with Crippen molar-refractivity contribution in [2.45, 2.75) is 13.8 Å². The third kappa shape index (κ3) is 3.19. The second-order valence-corrected chi connectivity index (χ2v) is 7.32. The van der Waals surface area contributed by atoms with Crippen LogP contribution in [0.3, 0.4) is 0 Å². The van der Waals surface area contributed by atoms with Crippen LogP contribution in [-0.4, -0.2) is 37.4 Å². The zero-order chi connectivity index (χ0) is 16.6. The number of aryl methyl sites for hydroxylation is 2. The fourth-order valence-electron chi connectivity index (χ4n) is 2.53. The Labute approximate surface area is 135 Å². The van der Waals surface area contributed by atoms with Crippen molar-refractivity contribution in [2.75, 3.05) is 17.6 Å². The van der Waals surface area contributed by atoms with Gasteiger partial charge in [-0.3, -0.25) is 4.79 Å². The summed E-state index contributed by atoms with van der Waals surface area (Å²) < 4.78 is 26.7. The van der Waals surface area contributed by atoms with E-state index in [1.165, 1.54) is 0 Å². The Morgan fingerprint density at radius 1 is 1.22 bits per heavy atom. The van der Waals surface area contributed by atoms with E-state index in [0.717, 1.165) is 16.8 Å². The first-order chi connectivity index (χ1) is 10.9. The molecular formula is C16H17N3O3S. The zero-order valence-corrected chi connectivity index (χ0v) is 13.7. The van der Waals surface area contributed by atoms with Crippen molar-refractivity contribution in [1.82, 2.24) is 4.90 Å². The first kappa shape index (κ1) is 15.5. The number of anilines is 1. The smallest absolute Gasteiger partial charge is 0.257 e. The molecule has 3 rings (SSSR count). The molecule has 6 nitrogen and oxygen atoms in total. The minimum absolute atomic E-state index is 0.0490. The first-order valence-electron chi connectivity index (χ1n) is 7.22. The van der Waals surface area contributed by atoms with Crippen LogP contribution in [0.2, 0.25) is 0 Å². The van der Waals surface area contributed by atoms with Crippen LogP contribution in [-0.2, 0) is 14.8 Å². The average Bonchev–Trinajstić information content (AvgIpc) is 2.49. The van der Waals surface area contributed by atoms with Crippen LogP contribution in [0.1, 0.15) is 11.1 Å². The Hall–Kier alpha value is -2.41. The summed E-state index contributed by atoms with van der Waals surface area (Å²) in [6.45, 7) is 4.17. The fourth-order valence-corrected chi connectivity index (χ4v) is 3.50. The van der Waals surface area contributed by atoms with E-state index >= 15 is 0 Å². The number of carbonyl (C=O) groups excluding carboxylic acids is 1. The average molecular weight is 331 g/mol.